The number of alkyl carbamates (subject to hydrolysis) is 1. The van der Waals surface area contributed by atoms with Crippen LogP contribution in [0.25, 0.3) is 11.1 Å². The summed E-state index contributed by atoms with van der Waals surface area (Å²) in [6.07, 6.45) is 5.00. The molecule has 0 aliphatic heterocycles. The molecule has 1 amide bonds. The monoisotopic (exact) mass is 851 g/mol. The summed E-state index contributed by atoms with van der Waals surface area (Å²) in [5.41, 5.74) is 5.90. The molecule has 5 aromatic rings. The zero-order chi connectivity index (χ0) is 42.5. The molecule has 320 valence electrons. The molecule has 4 bridgehead atoms. The lowest BCUT2D eigenvalue weighted by molar-refractivity contribution is -0.146. The molecule has 5 aromatic carbocycles. The van der Waals surface area contributed by atoms with Crippen LogP contribution >= 0.6 is 7.37 Å². The van der Waals surface area contributed by atoms with Gasteiger partial charge in [0, 0.05) is 17.6 Å². The molecule has 5 aliphatic rings. The van der Waals surface area contributed by atoms with E-state index in [1.807, 2.05) is 91.0 Å². The topological polar surface area (TPSA) is 117 Å². The summed E-state index contributed by atoms with van der Waals surface area (Å²) in [6.45, 7) is -0.341. The molecule has 0 saturated heterocycles. The third-order valence-electron chi connectivity index (χ3n) is 13.4. The van der Waals surface area contributed by atoms with Crippen molar-refractivity contribution in [2.24, 2.45) is 23.7 Å². The van der Waals surface area contributed by atoms with Crippen LogP contribution < -0.4 is 5.32 Å². The van der Waals surface area contributed by atoms with Crippen LogP contribution in [0.4, 0.5) is 4.79 Å². The average molecular weight is 852 g/mol. The van der Waals surface area contributed by atoms with Gasteiger partial charge in [-0.1, -0.05) is 140 Å². The van der Waals surface area contributed by atoms with Gasteiger partial charge in [0.15, 0.2) is 12.4 Å². The number of carbonyl (C=O) groups excluding carboxylic acids is 3. The molecule has 10 heteroatoms. The maximum absolute atomic E-state index is 16.4. The van der Waals surface area contributed by atoms with Crippen LogP contribution in [-0.4, -0.2) is 55.2 Å². The van der Waals surface area contributed by atoms with Crippen LogP contribution in [0, 0.1) is 23.7 Å². The Bertz CT molecular complexity index is 2320. The Kier molecular flexibility index (Phi) is 12.6. The van der Waals surface area contributed by atoms with Gasteiger partial charge in [-0.05, 0) is 96.1 Å². The number of nitrogens with one attached hydrogen (secondary N) is 1. The van der Waals surface area contributed by atoms with E-state index in [4.69, 9.17) is 18.7 Å². The molecule has 5 aliphatic carbocycles. The number of ketones is 1. The zero-order valence-electron chi connectivity index (χ0n) is 34.9. The Morgan fingerprint density at radius 1 is 0.661 bits per heavy atom. The van der Waals surface area contributed by atoms with Crippen molar-refractivity contribution in [3.8, 4) is 11.1 Å². The van der Waals surface area contributed by atoms with Crippen molar-refractivity contribution in [1.29, 1.82) is 0 Å². The minimum absolute atomic E-state index is 0.0655. The maximum Gasteiger partial charge on any atom is 0.407 e. The summed E-state index contributed by atoms with van der Waals surface area (Å²) in [4.78, 5) is 41.7. The molecule has 9 nitrogen and oxygen atoms in total. The number of amides is 1. The fourth-order valence-electron chi connectivity index (χ4n) is 11.0. The number of ether oxygens (including phenoxy) is 3. The summed E-state index contributed by atoms with van der Waals surface area (Å²) >= 11 is 0. The molecule has 3 atom stereocenters. The zero-order valence-corrected chi connectivity index (χ0v) is 35.8. The molecular weight excluding hydrogens is 798 g/mol. The quantitative estimate of drug-likeness (QED) is 0.0526. The van der Waals surface area contributed by atoms with E-state index in [1.54, 1.807) is 24.3 Å². The van der Waals surface area contributed by atoms with Crippen molar-refractivity contribution >= 4 is 25.2 Å². The minimum Gasteiger partial charge on any atom is -0.457 e. The number of benzene rings is 5. The van der Waals surface area contributed by atoms with Crippen molar-refractivity contribution in [3.05, 3.63) is 167 Å². The summed E-state index contributed by atoms with van der Waals surface area (Å²) in [7, 11) is -4.08. The molecule has 10 rings (SSSR count). The normalized spacial score (nSPS) is 22.7. The molecule has 4 saturated carbocycles. The largest absolute Gasteiger partial charge is 0.457 e. The number of carbonyl (C=O) groups is 3. The molecule has 0 aromatic heterocycles. The summed E-state index contributed by atoms with van der Waals surface area (Å²) < 4.78 is 41.8. The van der Waals surface area contributed by atoms with Gasteiger partial charge in [0.25, 0.3) is 0 Å². The Hall–Kier alpha value is -5.34. The van der Waals surface area contributed by atoms with Crippen molar-refractivity contribution in [2.75, 3.05) is 26.0 Å². The first kappa shape index (κ1) is 42.0. The lowest BCUT2D eigenvalue weighted by Gasteiger charge is -2.57. The summed E-state index contributed by atoms with van der Waals surface area (Å²) in [5.74, 6) is -1.87. The first-order valence-corrected chi connectivity index (χ1v) is 23.9. The molecule has 62 heavy (non-hydrogen) atoms. The van der Waals surface area contributed by atoms with E-state index < -0.39 is 43.3 Å². The van der Waals surface area contributed by atoms with Gasteiger partial charge in [0.05, 0.1) is 24.7 Å². The minimum atomic E-state index is -4.08. The fraction of sp³-hybridized carbons (Fsp3) is 0.365. The molecule has 3 unspecified atom stereocenters. The van der Waals surface area contributed by atoms with E-state index in [0.29, 0.717) is 23.3 Å². The lowest BCUT2D eigenvalue weighted by atomic mass is 9.54. The van der Waals surface area contributed by atoms with E-state index in [9.17, 15) is 14.4 Å². The van der Waals surface area contributed by atoms with Gasteiger partial charge in [0.2, 0.25) is 7.37 Å². The van der Waals surface area contributed by atoms with Crippen LogP contribution in [0.2, 0.25) is 0 Å². The fourth-order valence-corrected chi connectivity index (χ4v) is 13.8. The SMILES string of the molecule is O=C(NC(COCc1ccccc1)P(=O)(CC(Cc1ccccc1)C(=O)OCC(=O)c1ccccc1)OC12CC3CC(CC(C3)C1)C2)OCC1c2ccccc2-c2ccccc21. The summed E-state index contributed by atoms with van der Waals surface area (Å²) in [6, 6.07) is 44.2. The Balaban J connectivity index is 1.02. The van der Waals surface area contributed by atoms with Gasteiger partial charge in [-0.25, -0.2) is 4.79 Å². The Morgan fingerprint density at radius 3 is 1.79 bits per heavy atom. The average Bonchev–Trinajstić information content (AvgIpc) is 3.60. The van der Waals surface area contributed by atoms with Gasteiger partial charge < -0.3 is 24.1 Å². The molecule has 4 fully saturated rings. The van der Waals surface area contributed by atoms with Crippen molar-refractivity contribution in [1.82, 2.24) is 5.32 Å². The van der Waals surface area contributed by atoms with Gasteiger partial charge in [-0.2, -0.15) is 0 Å². The third kappa shape index (κ3) is 9.51. The lowest BCUT2D eigenvalue weighted by Crippen LogP contribution is -2.53. The second-order valence-corrected chi connectivity index (χ2v) is 20.5. The Labute approximate surface area is 364 Å². The van der Waals surface area contributed by atoms with Gasteiger partial charge in [-0.3, -0.25) is 14.2 Å². The Morgan fingerprint density at radius 2 is 1.19 bits per heavy atom. The van der Waals surface area contributed by atoms with Crippen LogP contribution in [-0.2, 0) is 41.1 Å². The van der Waals surface area contributed by atoms with Crippen LogP contribution in [0.1, 0.15) is 77.1 Å². The highest BCUT2D eigenvalue weighted by Gasteiger charge is 2.56. The molecule has 0 heterocycles. The van der Waals surface area contributed by atoms with Crippen LogP contribution in [0.5, 0.6) is 0 Å². The highest BCUT2D eigenvalue weighted by Crippen LogP contribution is 2.65. The van der Waals surface area contributed by atoms with Crippen molar-refractivity contribution in [2.45, 2.75) is 68.9 Å². The van der Waals surface area contributed by atoms with Gasteiger partial charge >= 0.3 is 12.1 Å². The van der Waals surface area contributed by atoms with E-state index in [1.165, 1.54) is 0 Å². The highest BCUT2D eigenvalue weighted by atomic mass is 31.2. The molecule has 0 spiro atoms. The number of hydrogen-bond donors (Lipinski definition) is 1. The van der Waals surface area contributed by atoms with Gasteiger partial charge in [0.1, 0.15) is 12.4 Å². The van der Waals surface area contributed by atoms with E-state index in [0.717, 1.165) is 71.9 Å². The van der Waals surface area contributed by atoms with E-state index >= 15 is 4.57 Å². The molecule has 0 radical (unpaired) electrons. The van der Waals surface area contributed by atoms with E-state index in [2.05, 4.69) is 29.6 Å². The van der Waals surface area contributed by atoms with Crippen molar-refractivity contribution < 1.29 is 37.7 Å². The highest BCUT2D eigenvalue weighted by molar-refractivity contribution is 7.59. The smallest absolute Gasteiger partial charge is 0.407 e. The number of esters is 1. The summed E-state index contributed by atoms with van der Waals surface area (Å²) in [5, 5.41) is 3.00. The van der Waals surface area contributed by atoms with Crippen molar-refractivity contribution in [3.63, 3.8) is 0 Å². The number of rotatable bonds is 18. The second-order valence-electron chi connectivity index (χ2n) is 17.9. The van der Waals surface area contributed by atoms with E-state index in [-0.39, 0.29) is 44.1 Å². The second kappa shape index (κ2) is 18.6. The van der Waals surface area contributed by atoms with Crippen LogP contribution in [0.3, 0.4) is 0 Å². The first-order chi connectivity index (χ1) is 30.2. The molecule has 1 N–H and O–H groups in total. The predicted molar refractivity (Wildman–Crippen MR) is 238 cm³/mol. The van der Waals surface area contributed by atoms with Gasteiger partial charge in [-0.15, -0.1) is 0 Å². The number of Topliss-reactive ketones (excluding diaryl/α,β-unsaturated/α-hetero) is 1. The maximum atomic E-state index is 16.4. The number of hydrogen-bond acceptors (Lipinski definition) is 8. The first-order valence-electron chi connectivity index (χ1n) is 22.0. The standard InChI is InChI=1S/C52H54NO8P/c54-48(41-18-8-3-9-19-41)33-59-50(55)42(27-36-14-4-1-5-15-36)35-62(57,61-52-28-38-24-39(29-52)26-40(25-38)30-52)49(34-58-31-37-16-6-2-7-17-37)53-51(56)60-32-47-45-22-12-10-20-43(45)44-21-11-13-23-46(44)47/h1-23,38-40,42,47,49H,24-35H2,(H,53,56). The number of fused-ring (bicyclic) bond motifs is 3. The van der Waals surface area contributed by atoms with Crippen LogP contribution in [0.15, 0.2) is 140 Å². The third-order valence-corrected chi connectivity index (χ3v) is 16.3. The predicted octanol–water partition coefficient (Wildman–Crippen LogP) is 10.6. The molecular formula is C52H54NO8P.